The SMILES string of the molecule is O=C(O)c1cc(Cl)nc(-c2ccc(F)cc2)n1. The van der Waals surface area contributed by atoms with Gasteiger partial charge in [0.05, 0.1) is 0 Å². The van der Waals surface area contributed by atoms with E-state index in [0.717, 1.165) is 6.07 Å². The minimum Gasteiger partial charge on any atom is -0.477 e. The average Bonchev–Trinajstić information content (AvgIpc) is 2.29. The number of benzene rings is 1. The fourth-order valence-electron chi connectivity index (χ4n) is 1.26. The molecule has 1 heterocycles. The Labute approximate surface area is 101 Å². The number of aromatic nitrogens is 2. The van der Waals surface area contributed by atoms with Crippen LogP contribution in [-0.2, 0) is 0 Å². The van der Waals surface area contributed by atoms with Gasteiger partial charge >= 0.3 is 5.97 Å². The second-order valence-corrected chi connectivity index (χ2v) is 3.60. The van der Waals surface area contributed by atoms with Crippen LogP contribution in [0.5, 0.6) is 0 Å². The topological polar surface area (TPSA) is 63.1 Å². The Kier molecular flexibility index (Phi) is 3.01. The van der Waals surface area contributed by atoms with Gasteiger partial charge in [0, 0.05) is 11.6 Å². The summed E-state index contributed by atoms with van der Waals surface area (Å²) in [6.07, 6.45) is 0. The van der Waals surface area contributed by atoms with Gasteiger partial charge in [0.2, 0.25) is 0 Å². The van der Waals surface area contributed by atoms with Crippen molar-refractivity contribution in [1.29, 1.82) is 0 Å². The fourth-order valence-corrected chi connectivity index (χ4v) is 1.44. The first-order valence-electron chi connectivity index (χ1n) is 4.60. The van der Waals surface area contributed by atoms with Crippen molar-refractivity contribution >= 4 is 17.6 Å². The molecule has 0 aliphatic carbocycles. The van der Waals surface area contributed by atoms with E-state index in [0.29, 0.717) is 5.56 Å². The fraction of sp³-hybridized carbons (Fsp3) is 0. The quantitative estimate of drug-likeness (QED) is 0.835. The standard InChI is InChI=1S/C11H6ClFN2O2/c12-9-5-8(11(16)17)14-10(15-9)6-1-3-7(13)4-2-6/h1-5H,(H,16,17). The van der Waals surface area contributed by atoms with Crippen LogP contribution >= 0.6 is 11.6 Å². The molecule has 0 aliphatic rings. The number of halogens is 2. The van der Waals surface area contributed by atoms with Crippen LogP contribution in [0.4, 0.5) is 4.39 Å². The maximum absolute atomic E-state index is 12.7. The third-order valence-electron chi connectivity index (χ3n) is 2.02. The molecule has 17 heavy (non-hydrogen) atoms. The van der Waals surface area contributed by atoms with E-state index in [1.165, 1.54) is 24.3 Å². The first-order valence-corrected chi connectivity index (χ1v) is 4.98. The van der Waals surface area contributed by atoms with Gasteiger partial charge in [0.1, 0.15) is 11.0 Å². The lowest BCUT2D eigenvalue weighted by atomic mass is 10.2. The second kappa shape index (κ2) is 4.47. The van der Waals surface area contributed by atoms with Crippen LogP contribution in [0.3, 0.4) is 0 Å². The van der Waals surface area contributed by atoms with Crippen molar-refractivity contribution in [2.75, 3.05) is 0 Å². The van der Waals surface area contributed by atoms with Gasteiger partial charge in [-0.25, -0.2) is 19.2 Å². The lowest BCUT2D eigenvalue weighted by molar-refractivity contribution is 0.0690. The molecule has 0 amide bonds. The summed E-state index contributed by atoms with van der Waals surface area (Å²) in [6.45, 7) is 0. The molecule has 0 spiro atoms. The van der Waals surface area contributed by atoms with Crippen molar-refractivity contribution in [1.82, 2.24) is 9.97 Å². The third kappa shape index (κ3) is 2.57. The van der Waals surface area contributed by atoms with Gasteiger partial charge in [-0.2, -0.15) is 0 Å². The number of carboxylic acids is 1. The summed E-state index contributed by atoms with van der Waals surface area (Å²) in [5, 5.41) is 8.84. The summed E-state index contributed by atoms with van der Waals surface area (Å²) in [6, 6.07) is 6.52. The Bertz CT molecular complexity index is 572. The third-order valence-corrected chi connectivity index (χ3v) is 2.21. The number of hydrogen-bond donors (Lipinski definition) is 1. The average molecular weight is 253 g/mol. The second-order valence-electron chi connectivity index (χ2n) is 3.21. The highest BCUT2D eigenvalue weighted by Crippen LogP contribution is 2.18. The minimum atomic E-state index is -1.20. The van der Waals surface area contributed by atoms with Crippen LogP contribution < -0.4 is 0 Å². The molecule has 0 aliphatic heterocycles. The Morgan fingerprint density at radius 1 is 1.24 bits per heavy atom. The van der Waals surface area contributed by atoms with Gasteiger partial charge in [-0.05, 0) is 24.3 Å². The Hall–Kier alpha value is -2.01. The number of aromatic carboxylic acids is 1. The number of rotatable bonds is 2. The van der Waals surface area contributed by atoms with Gasteiger partial charge in [-0.3, -0.25) is 0 Å². The molecule has 1 aromatic carbocycles. The van der Waals surface area contributed by atoms with Gasteiger partial charge < -0.3 is 5.11 Å². The lowest BCUT2D eigenvalue weighted by Gasteiger charge is -2.02. The zero-order chi connectivity index (χ0) is 12.4. The largest absolute Gasteiger partial charge is 0.477 e. The molecule has 6 heteroatoms. The predicted molar refractivity (Wildman–Crippen MR) is 59.4 cm³/mol. The highest BCUT2D eigenvalue weighted by atomic mass is 35.5. The summed E-state index contributed by atoms with van der Waals surface area (Å²) < 4.78 is 12.7. The van der Waals surface area contributed by atoms with E-state index in [2.05, 4.69) is 9.97 Å². The monoisotopic (exact) mass is 252 g/mol. The normalized spacial score (nSPS) is 10.2. The molecular weight excluding hydrogens is 247 g/mol. The van der Waals surface area contributed by atoms with Crippen molar-refractivity contribution in [3.8, 4) is 11.4 Å². The van der Waals surface area contributed by atoms with Crippen LogP contribution in [0.1, 0.15) is 10.5 Å². The van der Waals surface area contributed by atoms with Gasteiger partial charge in [0.15, 0.2) is 11.5 Å². The van der Waals surface area contributed by atoms with Crippen LogP contribution in [-0.4, -0.2) is 21.0 Å². The van der Waals surface area contributed by atoms with Gasteiger partial charge in [-0.15, -0.1) is 0 Å². The molecular formula is C11H6ClFN2O2. The summed E-state index contributed by atoms with van der Waals surface area (Å²) in [5.74, 6) is -1.44. The number of carbonyl (C=O) groups is 1. The molecule has 0 bridgehead atoms. The van der Waals surface area contributed by atoms with Crippen LogP contribution in [0.25, 0.3) is 11.4 Å². The molecule has 0 fully saturated rings. The minimum absolute atomic E-state index is 0.0247. The van der Waals surface area contributed by atoms with Crippen molar-refractivity contribution in [3.05, 3.63) is 47.0 Å². The number of hydrogen-bond acceptors (Lipinski definition) is 3. The van der Waals surface area contributed by atoms with Crippen LogP contribution in [0.2, 0.25) is 5.15 Å². The zero-order valence-corrected chi connectivity index (χ0v) is 9.15. The van der Waals surface area contributed by atoms with E-state index in [-0.39, 0.29) is 16.7 Å². The highest BCUT2D eigenvalue weighted by molar-refractivity contribution is 6.29. The molecule has 2 rings (SSSR count). The molecule has 0 saturated carbocycles. The van der Waals surface area contributed by atoms with E-state index in [1.807, 2.05) is 0 Å². The van der Waals surface area contributed by atoms with Crippen molar-refractivity contribution in [2.24, 2.45) is 0 Å². The Morgan fingerprint density at radius 2 is 1.88 bits per heavy atom. The summed E-state index contributed by atoms with van der Waals surface area (Å²) >= 11 is 5.69. The molecule has 4 nitrogen and oxygen atoms in total. The van der Waals surface area contributed by atoms with Crippen molar-refractivity contribution < 1.29 is 14.3 Å². The Balaban J connectivity index is 2.51. The van der Waals surface area contributed by atoms with Crippen molar-refractivity contribution in [3.63, 3.8) is 0 Å². The molecule has 2 aromatic rings. The number of nitrogens with zero attached hydrogens (tertiary/aromatic N) is 2. The molecule has 86 valence electrons. The molecule has 1 aromatic heterocycles. The van der Waals surface area contributed by atoms with E-state index in [4.69, 9.17) is 16.7 Å². The van der Waals surface area contributed by atoms with E-state index >= 15 is 0 Å². The maximum Gasteiger partial charge on any atom is 0.354 e. The predicted octanol–water partition coefficient (Wildman–Crippen LogP) is 2.63. The maximum atomic E-state index is 12.7. The first kappa shape index (κ1) is 11.5. The molecule has 0 atom stereocenters. The van der Waals surface area contributed by atoms with Crippen LogP contribution in [0.15, 0.2) is 30.3 Å². The van der Waals surface area contributed by atoms with Gasteiger partial charge in [-0.1, -0.05) is 11.6 Å². The smallest absolute Gasteiger partial charge is 0.354 e. The van der Waals surface area contributed by atoms with Crippen LogP contribution in [0, 0.1) is 5.82 Å². The first-order chi connectivity index (χ1) is 8.06. The molecule has 1 N–H and O–H groups in total. The Morgan fingerprint density at radius 3 is 2.47 bits per heavy atom. The zero-order valence-electron chi connectivity index (χ0n) is 8.39. The van der Waals surface area contributed by atoms with Gasteiger partial charge in [0.25, 0.3) is 0 Å². The summed E-state index contributed by atoms with van der Waals surface area (Å²) in [5.41, 5.74) is 0.292. The van der Waals surface area contributed by atoms with Crippen molar-refractivity contribution in [2.45, 2.75) is 0 Å². The molecule has 0 radical (unpaired) electrons. The van der Waals surface area contributed by atoms with E-state index in [9.17, 15) is 9.18 Å². The molecule has 0 unspecified atom stereocenters. The van der Waals surface area contributed by atoms with E-state index in [1.54, 1.807) is 0 Å². The summed E-state index contributed by atoms with van der Waals surface area (Å²) in [4.78, 5) is 18.5. The lowest BCUT2D eigenvalue weighted by Crippen LogP contribution is -2.03. The number of carboxylic acid groups (broad SMARTS) is 1. The van der Waals surface area contributed by atoms with E-state index < -0.39 is 11.8 Å². The molecule has 0 saturated heterocycles. The summed E-state index contributed by atoms with van der Waals surface area (Å²) in [7, 11) is 0. The highest BCUT2D eigenvalue weighted by Gasteiger charge is 2.10.